The summed E-state index contributed by atoms with van der Waals surface area (Å²) in [5.41, 5.74) is 5.63. The number of H-pyrrole nitrogens is 2. The number of carbonyl (C=O) groups excluding carboxylic acids is 1. The number of nitrogens with one attached hydrogen (secondary N) is 2. The largest absolute Gasteiger partial charge is 0.505 e. The molecule has 0 radical (unpaired) electrons. The lowest BCUT2D eigenvalue weighted by Crippen LogP contribution is -2.29. The fraction of sp³-hybridized carbons (Fsp3) is 0.346. The molecule has 0 atom stereocenters. The third-order valence-electron chi connectivity index (χ3n) is 7.88. The normalized spacial score (nSPS) is 21.5. The van der Waals surface area contributed by atoms with Crippen LogP contribution in [0.4, 0.5) is 9.18 Å². The van der Waals surface area contributed by atoms with Crippen molar-refractivity contribution in [2.75, 3.05) is 26.2 Å². The lowest BCUT2D eigenvalue weighted by molar-refractivity contribution is -0.702. The number of imidazole rings is 1. The number of phenolic OH excluding ortho intramolecular Hbond substituents is 1. The number of aromatic hydroxyl groups is 1. The zero-order valence-corrected chi connectivity index (χ0v) is 19.8. The van der Waals surface area contributed by atoms with Gasteiger partial charge >= 0.3 is 6.09 Å². The fourth-order valence-corrected chi connectivity index (χ4v) is 5.37. The lowest BCUT2D eigenvalue weighted by atomic mass is 9.96. The Morgan fingerprint density at radius 3 is 2.86 bits per heavy atom. The average Bonchev–Trinajstić information content (AvgIpc) is 3.45. The highest BCUT2D eigenvalue weighted by atomic mass is 19.1. The number of hydrogen-bond acceptors (Lipinski definition) is 5. The van der Waals surface area contributed by atoms with Gasteiger partial charge in [0.05, 0.1) is 30.0 Å². The standard InChI is InChI=1S/C26H25FN6O3/c1-2-14-8-23(34)19(27)9-18(14)15-3-4-17-20(7-15)30-31-24(17)25-28-21-10-32(11-22(21)29-25)26(35)36-6-5-33-12-16(33)13-33/h3-4,7-9,16H,2,5-6,10-13H2,1H3,(H2-,28,29,30,31,34)/p+1. The van der Waals surface area contributed by atoms with Crippen molar-refractivity contribution in [2.24, 2.45) is 0 Å². The molecule has 3 aliphatic heterocycles. The average molecular weight is 490 g/mol. The first-order chi connectivity index (χ1) is 17.4. The molecule has 1 amide bonds. The number of halogens is 1. The van der Waals surface area contributed by atoms with Gasteiger partial charge in [0.25, 0.3) is 0 Å². The Labute approximate surface area is 206 Å². The molecule has 0 saturated carbocycles. The van der Waals surface area contributed by atoms with E-state index in [9.17, 15) is 14.3 Å². The van der Waals surface area contributed by atoms with Gasteiger partial charge < -0.3 is 14.8 Å². The molecular weight excluding hydrogens is 463 g/mol. The summed E-state index contributed by atoms with van der Waals surface area (Å²) in [5.74, 6) is -0.345. The maximum Gasteiger partial charge on any atom is 0.410 e. The second kappa shape index (κ2) is 7.54. The van der Waals surface area contributed by atoms with E-state index in [0.29, 0.717) is 37.6 Å². The molecule has 2 saturated heterocycles. The number of carbonyl (C=O) groups is 1. The molecule has 36 heavy (non-hydrogen) atoms. The van der Waals surface area contributed by atoms with E-state index in [1.165, 1.54) is 25.2 Å². The zero-order chi connectivity index (χ0) is 24.6. The Kier molecular flexibility index (Phi) is 4.47. The molecule has 2 aromatic heterocycles. The van der Waals surface area contributed by atoms with Crippen LogP contribution in [0.2, 0.25) is 0 Å². The van der Waals surface area contributed by atoms with E-state index in [1.807, 2.05) is 25.1 Å². The number of aryl methyl sites for hydroxylation is 1. The Morgan fingerprint density at radius 1 is 1.28 bits per heavy atom. The highest BCUT2D eigenvalue weighted by Crippen LogP contribution is 2.47. The zero-order valence-electron chi connectivity index (χ0n) is 19.8. The topological polar surface area (TPSA) is 107 Å². The molecule has 4 aromatic rings. The molecule has 3 N–H and O–H groups in total. The molecule has 3 aliphatic rings. The van der Waals surface area contributed by atoms with E-state index in [-0.39, 0.29) is 11.8 Å². The highest BCUT2D eigenvalue weighted by Gasteiger charge is 2.73. The van der Waals surface area contributed by atoms with E-state index < -0.39 is 5.82 Å². The monoisotopic (exact) mass is 489 g/mol. The third-order valence-corrected chi connectivity index (χ3v) is 7.88. The molecule has 10 heteroatoms. The Balaban J connectivity index is 1.09. The summed E-state index contributed by atoms with van der Waals surface area (Å²) in [6.45, 7) is 6.70. The smallest absolute Gasteiger partial charge is 0.410 e. The van der Waals surface area contributed by atoms with Crippen LogP contribution in [0.1, 0.15) is 23.9 Å². The minimum Gasteiger partial charge on any atom is -0.505 e. The minimum absolute atomic E-state index is 0.295. The number of rotatable bonds is 6. The van der Waals surface area contributed by atoms with Gasteiger partial charge in [-0.3, -0.25) is 14.5 Å². The van der Waals surface area contributed by atoms with Gasteiger partial charge in [0.1, 0.15) is 31.9 Å². The molecule has 184 valence electrons. The van der Waals surface area contributed by atoms with Gasteiger partial charge in [-0.15, -0.1) is 0 Å². The van der Waals surface area contributed by atoms with Crippen LogP contribution in [0.15, 0.2) is 30.3 Å². The van der Waals surface area contributed by atoms with Crippen LogP contribution in [0.25, 0.3) is 33.5 Å². The molecule has 0 spiro atoms. The molecule has 7 rings (SSSR count). The van der Waals surface area contributed by atoms with Gasteiger partial charge in [0.15, 0.2) is 23.4 Å². The van der Waals surface area contributed by atoms with E-state index >= 15 is 0 Å². The van der Waals surface area contributed by atoms with Crippen LogP contribution < -0.4 is 0 Å². The van der Waals surface area contributed by atoms with Crippen LogP contribution in [0.5, 0.6) is 5.75 Å². The minimum atomic E-state index is -0.644. The molecule has 5 heterocycles. The lowest BCUT2D eigenvalue weighted by Gasteiger charge is -2.15. The SMILES string of the molecule is CCc1cc(O)c(F)cc1-c1ccc2c(-c3nc4c([nH]3)CN(C(=O)OCC[N+]35CC3C5)C4)n[nH]c2c1. The maximum absolute atomic E-state index is 14.1. The molecule has 2 aromatic carbocycles. The second-order valence-corrected chi connectivity index (χ2v) is 10.1. The molecule has 0 unspecified atom stereocenters. The van der Waals surface area contributed by atoms with Gasteiger partial charge in [0.2, 0.25) is 0 Å². The Morgan fingerprint density at radius 2 is 2.11 bits per heavy atom. The summed E-state index contributed by atoms with van der Waals surface area (Å²) < 4.78 is 20.7. The van der Waals surface area contributed by atoms with Crippen molar-refractivity contribution < 1.29 is 23.5 Å². The second-order valence-electron chi connectivity index (χ2n) is 10.1. The Hall–Kier alpha value is -3.92. The van der Waals surface area contributed by atoms with Crippen LogP contribution in [-0.2, 0) is 24.2 Å². The fourth-order valence-electron chi connectivity index (χ4n) is 5.37. The van der Waals surface area contributed by atoms with Crippen molar-refractivity contribution in [1.82, 2.24) is 25.1 Å². The van der Waals surface area contributed by atoms with Crippen molar-refractivity contribution >= 4 is 17.0 Å². The number of amides is 1. The first-order valence-electron chi connectivity index (χ1n) is 12.3. The number of quaternary nitrogens is 1. The van der Waals surface area contributed by atoms with E-state index in [2.05, 4.69) is 15.2 Å². The van der Waals surface area contributed by atoms with Gasteiger partial charge in [0, 0.05) is 5.39 Å². The quantitative estimate of drug-likeness (QED) is 0.283. The Bertz CT molecular complexity index is 1510. The van der Waals surface area contributed by atoms with Gasteiger partial charge in [-0.2, -0.15) is 5.10 Å². The number of phenols is 1. The highest BCUT2D eigenvalue weighted by molar-refractivity contribution is 5.94. The molecule has 9 nitrogen and oxygen atoms in total. The van der Waals surface area contributed by atoms with E-state index in [4.69, 9.17) is 9.72 Å². The number of aromatic amines is 2. The van der Waals surface area contributed by atoms with E-state index in [0.717, 1.165) is 56.1 Å². The molecular formula is C26H26FN6O3+. The van der Waals surface area contributed by atoms with Crippen molar-refractivity contribution in [2.45, 2.75) is 32.5 Å². The number of benzene rings is 2. The molecule has 0 aliphatic carbocycles. The molecule has 0 bridgehead atoms. The third kappa shape index (κ3) is 3.35. The molecule has 2 fully saturated rings. The predicted octanol–water partition coefficient (Wildman–Crippen LogP) is 3.69. The van der Waals surface area contributed by atoms with Crippen molar-refractivity contribution in [3.05, 3.63) is 53.1 Å². The van der Waals surface area contributed by atoms with Crippen LogP contribution in [-0.4, -0.2) is 73.0 Å². The van der Waals surface area contributed by atoms with Gasteiger partial charge in [-0.1, -0.05) is 13.0 Å². The number of aromatic nitrogens is 4. The summed E-state index contributed by atoms with van der Waals surface area (Å²) in [6.07, 6.45) is 0.370. The maximum atomic E-state index is 14.1. The predicted molar refractivity (Wildman–Crippen MR) is 129 cm³/mol. The number of nitrogens with zero attached hydrogens (tertiary/aromatic N) is 4. The van der Waals surface area contributed by atoms with E-state index in [1.54, 1.807) is 4.90 Å². The number of ether oxygens (including phenoxy) is 1. The van der Waals surface area contributed by atoms with Crippen molar-refractivity contribution in [1.29, 1.82) is 0 Å². The first-order valence-corrected chi connectivity index (χ1v) is 12.3. The van der Waals surface area contributed by atoms with Gasteiger partial charge in [-0.05, 0) is 47.4 Å². The van der Waals surface area contributed by atoms with Crippen LogP contribution >= 0.6 is 0 Å². The summed E-state index contributed by atoms with van der Waals surface area (Å²) in [5, 5.41) is 18.2. The first kappa shape index (κ1) is 21.4. The van der Waals surface area contributed by atoms with Crippen molar-refractivity contribution in [3.8, 4) is 28.4 Å². The van der Waals surface area contributed by atoms with Gasteiger partial charge in [-0.25, -0.2) is 14.2 Å². The number of fused-ring (bicyclic) bond motifs is 3. The summed E-state index contributed by atoms with van der Waals surface area (Å²) in [7, 11) is 0. The summed E-state index contributed by atoms with van der Waals surface area (Å²) >= 11 is 0. The summed E-state index contributed by atoms with van der Waals surface area (Å²) in [4.78, 5) is 22.2. The van der Waals surface area contributed by atoms with Crippen LogP contribution in [0.3, 0.4) is 0 Å². The summed E-state index contributed by atoms with van der Waals surface area (Å²) in [6, 6.07) is 9.47. The number of hydrogen-bond donors (Lipinski definition) is 3. The van der Waals surface area contributed by atoms with Crippen LogP contribution in [0, 0.1) is 5.82 Å². The van der Waals surface area contributed by atoms with Crippen molar-refractivity contribution in [3.63, 3.8) is 0 Å².